The maximum atomic E-state index is 12.6. The van der Waals surface area contributed by atoms with Crippen LogP contribution in [0.5, 0.6) is 0 Å². The van der Waals surface area contributed by atoms with E-state index in [1.165, 1.54) is 15.6 Å². The van der Waals surface area contributed by atoms with Gasteiger partial charge in [0.15, 0.2) is 0 Å². The quantitative estimate of drug-likeness (QED) is 0.910. The Morgan fingerprint density at radius 1 is 1.37 bits per heavy atom. The van der Waals surface area contributed by atoms with Crippen LogP contribution in [0, 0.1) is 0 Å². The van der Waals surface area contributed by atoms with Crippen LogP contribution in [-0.4, -0.2) is 31.9 Å². The van der Waals surface area contributed by atoms with Gasteiger partial charge in [-0.2, -0.15) is 4.31 Å². The SMILES string of the molecule is CC(C)(C)c1ccc(S(=O)(=O)N2CCCC(N)C2)s1. The Hall–Kier alpha value is -0.430. The summed E-state index contributed by atoms with van der Waals surface area (Å²) in [5, 5.41) is 0. The minimum absolute atomic E-state index is 0.0171. The van der Waals surface area contributed by atoms with Gasteiger partial charge in [0.05, 0.1) is 0 Å². The van der Waals surface area contributed by atoms with Crippen molar-refractivity contribution in [1.82, 2.24) is 4.31 Å². The highest BCUT2D eigenvalue weighted by molar-refractivity contribution is 7.91. The zero-order valence-electron chi connectivity index (χ0n) is 11.7. The number of hydrogen-bond donors (Lipinski definition) is 1. The van der Waals surface area contributed by atoms with Gasteiger partial charge in [0.2, 0.25) is 0 Å². The highest BCUT2D eigenvalue weighted by atomic mass is 32.2. The number of nitrogens with two attached hydrogens (primary N) is 1. The van der Waals surface area contributed by atoms with Gasteiger partial charge in [-0.25, -0.2) is 8.42 Å². The van der Waals surface area contributed by atoms with Crippen LogP contribution >= 0.6 is 11.3 Å². The van der Waals surface area contributed by atoms with Gasteiger partial charge in [0.25, 0.3) is 10.0 Å². The molecule has 1 aromatic heterocycles. The monoisotopic (exact) mass is 302 g/mol. The van der Waals surface area contributed by atoms with Gasteiger partial charge in [0.1, 0.15) is 4.21 Å². The molecule has 1 saturated heterocycles. The van der Waals surface area contributed by atoms with Gasteiger partial charge >= 0.3 is 0 Å². The minimum atomic E-state index is -3.36. The lowest BCUT2D eigenvalue weighted by molar-refractivity contribution is 0.316. The van der Waals surface area contributed by atoms with Gasteiger partial charge < -0.3 is 5.73 Å². The van der Waals surface area contributed by atoms with Crippen molar-refractivity contribution in [2.75, 3.05) is 13.1 Å². The van der Waals surface area contributed by atoms with E-state index < -0.39 is 10.0 Å². The predicted octanol–water partition coefficient (Wildman–Crippen LogP) is 2.16. The average Bonchev–Trinajstić information content (AvgIpc) is 2.78. The molecule has 6 heteroatoms. The highest BCUT2D eigenvalue weighted by Gasteiger charge is 2.31. The molecule has 1 aliphatic heterocycles. The molecule has 108 valence electrons. The molecule has 2 N–H and O–H groups in total. The van der Waals surface area contributed by atoms with E-state index >= 15 is 0 Å². The van der Waals surface area contributed by atoms with Crippen LogP contribution in [0.3, 0.4) is 0 Å². The van der Waals surface area contributed by atoms with Crippen molar-refractivity contribution < 1.29 is 8.42 Å². The predicted molar refractivity (Wildman–Crippen MR) is 79.0 cm³/mol. The first-order valence-corrected chi connectivity index (χ1v) is 8.83. The Labute approximate surface area is 119 Å². The van der Waals surface area contributed by atoms with Crippen molar-refractivity contribution >= 4 is 21.4 Å². The summed E-state index contributed by atoms with van der Waals surface area (Å²) in [6.45, 7) is 7.29. The molecule has 0 amide bonds. The van der Waals surface area contributed by atoms with Gasteiger partial charge in [-0.15, -0.1) is 11.3 Å². The third kappa shape index (κ3) is 3.18. The summed E-state index contributed by atoms with van der Waals surface area (Å²) in [6, 6.07) is 3.60. The fraction of sp³-hybridized carbons (Fsp3) is 0.692. The van der Waals surface area contributed by atoms with Crippen molar-refractivity contribution in [2.24, 2.45) is 5.73 Å². The molecule has 1 aliphatic rings. The zero-order valence-corrected chi connectivity index (χ0v) is 13.4. The van der Waals surface area contributed by atoms with E-state index in [9.17, 15) is 8.42 Å². The lowest BCUT2D eigenvalue weighted by atomic mass is 9.95. The van der Waals surface area contributed by atoms with Crippen LogP contribution in [0.2, 0.25) is 0 Å². The molecule has 0 spiro atoms. The third-order valence-corrected chi connectivity index (χ3v) is 7.18. The molecular weight excluding hydrogens is 280 g/mol. The first-order chi connectivity index (χ1) is 8.71. The van der Waals surface area contributed by atoms with Gasteiger partial charge in [-0.1, -0.05) is 20.8 Å². The van der Waals surface area contributed by atoms with E-state index in [0.717, 1.165) is 17.7 Å². The second-order valence-electron chi connectivity index (χ2n) is 6.13. The lowest BCUT2D eigenvalue weighted by Gasteiger charge is -2.29. The second kappa shape index (κ2) is 5.16. The summed E-state index contributed by atoms with van der Waals surface area (Å²) in [5.74, 6) is 0. The third-order valence-electron chi connectivity index (χ3n) is 3.34. The standard InChI is InChI=1S/C13H22N2O2S2/c1-13(2,3)11-6-7-12(18-11)19(16,17)15-8-4-5-10(14)9-15/h6-7,10H,4-5,8-9,14H2,1-3H3. The van der Waals surface area contributed by atoms with Crippen molar-refractivity contribution in [3.8, 4) is 0 Å². The maximum Gasteiger partial charge on any atom is 0.252 e. The molecule has 0 radical (unpaired) electrons. The lowest BCUT2D eigenvalue weighted by Crippen LogP contribution is -2.45. The largest absolute Gasteiger partial charge is 0.327 e. The van der Waals surface area contributed by atoms with E-state index in [2.05, 4.69) is 20.8 Å². The van der Waals surface area contributed by atoms with E-state index in [4.69, 9.17) is 5.73 Å². The van der Waals surface area contributed by atoms with Gasteiger partial charge in [-0.05, 0) is 30.4 Å². The van der Waals surface area contributed by atoms with Crippen LogP contribution in [0.1, 0.15) is 38.5 Å². The fourth-order valence-electron chi connectivity index (χ4n) is 2.18. The molecule has 1 aromatic rings. The number of sulfonamides is 1. The van der Waals surface area contributed by atoms with Crippen LogP contribution in [0.4, 0.5) is 0 Å². The highest BCUT2D eigenvalue weighted by Crippen LogP contribution is 2.33. The molecule has 1 atom stereocenters. The molecule has 0 aliphatic carbocycles. The molecular formula is C13H22N2O2S2. The minimum Gasteiger partial charge on any atom is -0.327 e. The smallest absolute Gasteiger partial charge is 0.252 e. The summed E-state index contributed by atoms with van der Waals surface area (Å²) in [5.41, 5.74) is 5.85. The first kappa shape index (κ1) is 15.0. The van der Waals surface area contributed by atoms with Crippen molar-refractivity contribution in [1.29, 1.82) is 0 Å². The van der Waals surface area contributed by atoms with E-state index in [0.29, 0.717) is 17.3 Å². The number of thiophene rings is 1. The Morgan fingerprint density at radius 3 is 2.58 bits per heavy atom. The van der Waals surface area contributed by atoms with Crippen LogP contribution < -0.4 is 5.73 Å². The summed E-state index contributed by atoms with van der Waals surface area (Å²) in [4.78, 5) is 1.09. The van der Waals surface area contributed by atoms with Crippen LogP contribution in [0.15, 0.2) is 16.3 Å². The zero-order chi connectivity index (χ0) is 14.3. The molecule has 2 heterocycles. The maximum absolute atomic E-state index is 12.6. The Morgan fingerprint density at radius 2 is 2.05 bits per heavy atom. The van der Waals surface area contributed by atoms with Crippen molar-refractivity contribution in [3.05, 3.63) is 17.0 Å². The van der Waals surface area contributed by atoms with Gasteiger partial charge in [0, 0.05) is 24.0 Å². The summed E-state index contributed by atoms with van der Waals surface area (Å²) in [7, 11) is -3.36. The molecule has 0 bridgehead atoms. The molecule has 1 fully saturated rings. The topological polar surface area (TPSA) is 63.4 Å². The van der Waals surface area contributed by atoms with Crippen LogP contribution in [-0.2, 0) is 15.4 Å². The summed E-state index contributed by atoms with van der Waals surface area (Å²) < 4.78 is 27.1. The second-order valence-corrected chi connectivity index (χ2v) is 9.38. The first-order valence-electron chi connectivity index (χ1n) is 6.57. The van der Waals surface area contributed by atoms with Crippen molar-refractivity contribution in [2.45, 2.75) is 49.3 Å². The summed E-state index contributed by atoms with van der Waals surface area (Å²) >= 11 is 1.37. The number of nitrogens with zero attached hydrogens (tertiary/aromatic N) is 1. The molecule has 4 nitrogen and oxygen atoms in total. The van der Waals surface area contributed by atoms with Gasteiger partial charge in [-0.3, -0.25) is 0 Å². The molecule has 19 heavy (non-hydrogen) atoms. The molecule has 1 unspecified atom stereocenters. The number of rotatable bonds is 2. The molecule has 0 aromatic carbocycles. The Kier molecular flexibility index (Phi) is 4.07. The number of hydrogen-bond acceptors (Lipinski definition) is 4. The fourth-order valence-corrected chi connectivity index (χ4v) is 5.23. The van der Waals surface area contributed by atoms with E-state index in [1.807, 2.05) is 6.07 Å². The Bertz CT molecular complexity index is 543. The molecule has 0 saturated carbocycles. The Balaban J connectivity index is 2.27. The van der Waals surface area contributed by atoms with Crippen molar-refractivity contribution in [3.63, 3.8) is 0 Å². The average molecular weight is 302 g/mol. The van der Waals surface area contributed by atoms with Crippen LogP contribution in [0.25, 0.3) is 0 Å². The summed E-state index contributed by atoms with van der Waals surface area (Å²) in [6.07, 6.45) is 1.75. The van der Waals surface area contributed by atoms with E-state index in [-0.39, 0.29) is 11.5 Å². The number of piperidine rings is 1. The normalized spacial score (nSPS) is 22.6. The van der Waals surface area contributed by atoms with E-state index in [1.54, 1.807) is 6.07 Å². The molecule has 2 rings (SSSR count).